The third-order valence-corrected chi connectivity index (χ3v) is 3.21. The number of anilines is 1. The third kappa shape index (κ3) is 2.53. The number of carbonyl (C=O) groups is 2. The predicted octanol–water partition coefficient (Wildman–Crippen LogP) is 1.11. The highest BCUT2D eigenvalue weighted by Crippen LogP contribution is 2.18. The van der Waals surface area contributed by atoms with E-state index in [4.69, 9.17) is 5.11 Å². The normalized spacial score (nSPS) is 10.8. The maximum absolute atomic E-state index is 12.2. The highest BCUT2D eigenvalue weighted by atomic mass is 16.4. The van der Waals surface area contributed by atoms with Gasteiger partial charge in [-0.15, -0.1) is 0 Å². The van der Waals surface area contributed by atoms with Crippen LogP contribution < -0.4 is 5.32 Å². The van der Waals surface area contributed by atoms with Crippen LogP contribution in [-0.2, 0) is 18.4 Å². The molecule has 0 fully saturated rings. The molecule has 1 amide bonds. The summed E-state index contributed by atoms with van der Waals surface area (Å²) in [7, 11) is 1.80. The lowest BCUT2D eigenvalue weighted by Gasteiger charge is -2.03. The summed E-state index contributed by atoms with van der Waals surface area (Å²) >= 11 is 0. The van der Waals surface area contributed by atoms with E-state index in [1.165, 1.54) is 17.1 Å². The van der Waals surface area contributed by atoms with E-state index < -0.39 is 11.9 Å². The fourth-order valence-electron chi connectivity index (χ4n) is 2.14. The Balaban J connectivity index is 1.82. The molecule has 0 saturated carbocycles. The molecular weight excluding hydrogens is 286 g/mol. The first-order valence-corrected chi connectivity index (χ1v) is 6.51. The molecule has 1 aromatic carbocycles. The van der Waals surface area contributed by atoms with Crippen LogP contribution in [0.5, 0.6) is 0 Å². The minimum atomic E-state index is -1.02. The van der Waals surface area contributed by atoms with E-state index in [0.717, 1.165) is 11.0 Å². The van der Waals surface area contributed by atoms with Crippen LogP contribution in [0.2, 0.25) is 0 Å². The van der Waals surface area contributed by atoms with E-state index in [9.17, 15) is 9.59 Å². The molecule has 112 valence electrons. The van der Waals surface area contributed by atoms with Gasteiger partial charge in [0.1, 0.15) is 6.54 Å². The molecule has 2 N–H and O–H groups in total. The molecule has 2 aromatic heterocycles. The van der Waals surface area contributed by atoms with Crippen molar-refractivity contribution in [3.8, 4) is 0 Å². The number of carboxylic acids is 1. The van der Waals surface area contributed by atoms with Crippen LogP contribution in [0.1, 0.15) is 10.4 Å². The number of hydrogen-bond donors (Lipinski definition) is 2. The van der Waals surface area contributed by atoms with E-state index in [2.05, 4.69) is 15.4 Å². The molecule has 2 heterocycles. The smallest absolute Gasteiger partial charge is 0.325 e. The van der Waals surface area contributed by atoms with E-state index in [-0.39, 0.29) is 12.1 Å². The molecule has 8 heteroatoms. The lowest BCUT2D eigenvalue weighted by atomic mass is 10.3. The number of carbonyl (C=O) groups excluding carboxylic acids is 1. The lowest BCUT2D eigenvalue weighted by Crippen LogP contribution is -2.14. The summed E-state index contributed by atoms with van der Waals surface area (Å²) in [4.78, 5) is 27.1. The van der Waals surface area contributed by atoms with Gasteiger partial charge in [-0.2, -0.15) is 5.10 Å². The minimum Gasteiger partial charge on any atom is -0.480 e. The molecule has 22 heavy (non-hydrogen) atoms. The molecule has 0 aliphatic rings. The number of benzene rings is 1. The molecule has 3 rings (SSSR count). The number of nitrogens with one attached hydrogen (secondary N) is 1. The Bertz CT molecular complexity index is 864. The zero-order chi connectivity index (χ0) is 15.7. The fraction of sp³-hybridized carbons (Fsp3) is 0.143. The average Bonchev–Trinajstić information content (AvgIpc) is 3.05. The SMILES string of the molecule is Cn1c(NC(=O)c2cnn(CC(=O)O)c2)nc2ccccc21. The molecule has 0 radical (unpaired) electrons. The van der Waals surface area contributed by atoms with Crippen molar-refractivity contribution in [2.75, 3.05) is 5.32 Å². The second-order valence-corrected chi connectivity index (χ2v) is 4.76. The number of hydrogen-bond acceptors (Lipinski definition) is 4. The van der Waals surface area contributed by atoms with Crippen molar-refractivity contribution in [2.45, 2.75) is 6.54 Å². The van der Waals surface area contributed by atoms with Gasteiger partial charge in [0.25, 0.3) is 5.91 Å². The Morgan fingerprint density at radius 1 is 1.32 bits per heavy atom. The molecule has 0 saturated heterocycles. The average molecular weight is 299 g/mol. The molecule has 8 nitrogen and oxygen atoms in total. The fourth-order valence-corrected chi connectivity index (χ4v) is 2.14. The maximum Gasteiger partial charge on any atom is 0.325 e. The van der Waals surface area contributed by atoms with Crippen LogP contribution in [0.4, 0.5) is 5.95 Å². The maximum atomic E-state index is 12.2. The van der Waals surface area contributed by atoms with E-state index in [1.54, 1.807) is 11.6 Å². The number of amides is 1. The summed E-state index contributed by atoms with van der Waals surface area (Å²) < 4.78 is 2.96. The Labute approximate surface area is 125 Å². The summed E-state index contributed by atoms with van der Waals surface area (Å²) in [5.74, 6) is -1.00. The van der Waals surface area contributed by atoms with Gasteiger partial charge in [-0.3, -0.25) is 19.6 Å². The first-order chi connectivity index (χ1) is 10.5. The van der Waals surface area contributed by atoms with Crippen LogP contribution in [0, 0.1) is 0 Å². The number of aliphatic carboxylic acids is 1. The van der Waals surface area contributed by atoms with E-state index >= 15 is 0 Å². The predicted molar refractivity (Wildman–Crippen MR) is 78.5 cm³/mol. The third-order valence-electron chi connectivity index (χ3n) is 3.21. The standard InChI is InChI=1S/C14H13N5O3/c1-18-11-5-3-2-4-10(11)16-14(18)17-13(22)9-6-15-19(7-9)8-12(20)21/h2-7H,8H2,1H3,(H,20,21)(H,16,17,22). The number of carboxylic acid groups (broad SMARTS) is 1. The zero-order valence-electron chi connectivity index (χ0n) is 11.7. The van der Waals surface area contributed by atoms with Crippen molar-refractivity contribution in [1.82, 2.24) is 19.3 Å². The number of para-hydroxylation sites is 2. The largest absolute Gasteiger partial charge is 0.480 e. The highest BCUT2D eigenvalue weighted by molar-refractivity contribution is 6.03. The Morgan fingerprint density at radius 2 is 2.09 bits per heavy atom. The summed E-state index contributed by atoms with van der Waals surface area (Å²) in [6, 6.07) is 7.53. The monoisotopic (exact) mass is 299 g/mol. The molecule has 0 bridgehead atoms. The van der Waals surface area contributed by atoms with Crippen LogP contribution in [0.25, 0.3) is 11.0 Å². The molecule has 0 aliphatic carbocycles. The van der Waals surface area contributed by atoms with Gasteiger partial charge in [0.05, 0.1) is 22.8 Å². The summed E-state index contributed by atoms with van der Waals surface area (Å²) in [6.07, 6.45) is 2.70. The number of imidazole rings is 1. The van der Waals surface area contributed by atoms with Crippen molar-refractivity contribution < 1.29 is 14.7 Å². The Hall–Kier alpha value is -3.16. The topological polar surface area (TPSA) is 102 Å². The zero-order valence-corrected chi connectivity index (χ0v) is 11.7. The first-order valence-electron chi connectivity index (χ1n) is 6.51. The molecule has 0 aliphatic heterocycles. The number of fused-ring (bicyclic) bond motifs is 1. The van der Waals surface area contributed by atoms with Gasteiger partial charge >= 0.3 is 5.97 Å². The number of nitrogens with zero attached hydrogens (tertiary/aromatic N) is 4. The van der Waals surface area contributed by atoms with Gasteiger partial charge in [-0.25, -0.2) is 4.98 Å². The lowest BCUT2D eigenvalue weighted by molar-refractivity contribution is -0.137. The van der Waals surface area contributed by atoms with Crippen molar-refractivity contribution >= 4 is 28.9 Å². The summed E-state index contributed by atoms with van der Waals surface area (Å²) in [5.41, 5.74) is 1.95. The highest BCUT2D eigenvalue weighted by Gasteiger charge is 2.14. The van der Waals surface area contributed by atoms with Crippen molar-refractivity contribution in [3.05, 3.63) is 42.2 Å². The van der Waals surface area contributed by atoms with Gasteiger partial charge in [-0.05, 0) is 12.1 Å². The second-order valence-electron chi connectivity index (χ2n) is 4.76. The first kappa shape index (κ1) is 13.8. The molecule has 0 spiro atoms. The second kappa shape index (κ2) is 5.32. The van der Waals surface area contributed by atoms with Crippen molar-refractivity contribution in [2.24, 2.45) is 7.05 Å². The number of aromatic nitrogens is 4. The van der Waals surface area contributed by atoms with Crippen LogP contribution in [0.15, 0.2) is 36.7 Å². The minimum absolute atomic E-state index is 0.272. The number of aryl methyl sites for hydroxylation is 1. The van der Waals surface area contributed by atoms with Crippen LogP contribution in [-0.4, -0.2) is 36.3 Å². The van der Waals surface area contributed by atoms with Crippen molar-refractivity contribution in [3.63, 3.8) is 0 Å². The van der Waals surface area contributed by atoms with Gasteiger partial charge in [0.2, 0.25) is 5.95 Å². The van der Waals surface area contributed by atoms with Gasteiger partial charge in [0, 0.05) is 13.2 Å². The number of rotatable bonds is 4. The molecular formula is C14H13N5O3. The van der Waals surface area contributed by atoms with Crippen LogP contribution >= 0.6 is 0 Å². The Kier molecular flexibility index (Phi) is 3.34. The quantitative estimate of drug-likeness (QED) is 0.751. The van der Waals surface area contributed by atoms with E-state index in [0.29, 0.717) is 5.95 Å². The Morgan fingerprint density at radius 3 is 2.82 bits per heavy atom. The van der Waals surface area contributed by atoms with E-state index in [1.807, 2.05) is 24.3 Å². The molecule has 0 atom stereocenters. The summed E-state index contributed by atoms with van der Waals surface area (Å²) in [6.45, 7) is -0.292. The molecule has 0 unspecified atom stereocenters. The van der Waals surface area contributed by atoms with Crippen molar-refractivity contribution in [1.29, 1.82) is 0 Å². The van der Waals surface area contributed by atoms with Gasteiger partial charge in [0.15, 0.2) is 0 Å². The van der Waals surface area contributed by atoms with Crippen LogP contribution in [0.3, 0.4) is 0 Å². The van der Waals surface area contributed by atoms with Gasteiger partial charge in [-0.1, -0.05) is 12.1 Å². The molecule has 3 aromatic rings. The van der Waals surface area contributed by atoms with Gasteiger partial charge < -0.3 is 9.67 Å². The summed E-state index contributed by atoms with van der Waals surface area (Å²) in [5, 5.41) is 15.2.